The summed E-state index contributed by atoms with van der Waals surface area (Å²) in [7, 11) is 1.65. The van der Waals surface area contributed by atoms with Crippen molar-refractivity contribution in [3.8, 4) is 0 Å². The number of carbonyl (C=O) groups excluding carboxylic acids is 1. The number of carbonyl (C=O) groups is 1. The Hall–Kier alpha value is -1.39. The van der Waals surface area contributed by atoms with E-state index in [2.05, 4.69) is 5.32 Å². The Labute approximate surface area is 102 Å². The summed E-state index contributed by atoms with van der Waals surface area (Å²) in [6.07, 6.45) is 0. The van der Waals surface area contributed by atoms with Gasteiger partial charge in [0.05, 0.1) is 6.61 Å². The van der Waals surface area contributed by atoms with E-state index < -0.39 is 6.04 Å². The van der Waals surface area contributed by atoms with Crippen molar-refractivity contribution in [2.75, 3.05) is 20.3 Å². The molecule has 1 aromatic rings. The topological polar surface area (TPSA) is 64.3 Å². The van der Waals surface area contributed by atoms with Gasteiger partial charge in [-0.1, -0.05) is 37.3 Å². The number of nitrogens with two attached hydrogens (primary N) is 1. The minimum absolute atomic E-state index is 0.154. The molecule has 1 rings (SSSR count). The van der Waals surface area contributed by atoms with Crippen LogP contribution in [-0.2, 0) is 9.53 Å². The summed E-state index contributed by atoms with van der Waals surface area (Å²) in [5.41, 5.74) is 6.68. The maximum absolute atomic E-state index is 11.8. The zero-order chi connectivity index (χ0) is 12.7. The summed E-state index contributed by atoms with van der Waals surface area (Å²) in [6.45, 7) is 3.21. The Kier molecular flexibility index (Phi) is 5.66. The molecule has 1 amide bonds. The van der Waals surface area contributed by atoms with Crippen molar-refractivity contribution >= 4 is 5.91 Å². The van der Waals surface area contributed by atoms with E-state index in [0.29, 0.717) is 13.2 Å². The van der Waals surface area contributed by atoms with Crippen LogP contribution in [0.3, 0.4) is 0 Å². The van der Waals surface area contributed by atoms with Gasteiger partial charge in [0.25, 0.3) is 0 Å². The summed E-state index contributed by atoms with van der Waals surface area (Å²) in [6, 6.07) is 8.73. The van der Waals surface area contributed by atoms with Crippen LogP contribution in [0.25, 0.3) is 0 Å². The van der Waals surface area contributed by atoms with E-state index in [4.69, 9.17) is 10.5 Å². The molecule has 0 heterocycles. The van der Waals surface area contributed by atoms with Crippen LogP contribution < -0.4 is 11.1 Å². The fraction of sp³-hybridized carbons (Fsp3) is 0.462. The summed E-state index contributed by atoms with van der Waals surface area (Å²) >= 11 is 0. The van der Waals surface area contributed by atoms with Crippen LogP contribution in [0, 0.1) is 5.92 Å². The van der Waals surface area contributed by atoms with E-state index in [-0.39, 0.29) is 11.8 Å². The van der Waals surface area contributed by atoms with Crippen molar-refractivity contribution in [3.63, 3.8) is 0 Å². The number of benzene rings is 1. The van der Waals surface area contributed by atoms with Gasteiger partial charge in [-0.2, -0.15) is 0 Å². The number of hydrogen-bond acceptors (Lipinski definition) is 3. The maximum atomic E-state index is 11.8. The predicted molar refractivity (Wildman–Crippen MR) is 67.4 cm³/mol. The summed E-state index contributed by atoms with van der Waals surface area (Å²) in [4.78, 5) is 11.8. The molecule has 0 bridgehead atoms. The Balaban J connectivity index is 2.43. The first-order valence-electron chi connectivity index (χ1n) is 5.72. The van der Waals surface area contributed by atoms with E-state index >= 15 is 0 Å². The van der Waals surface area contributed by atoms with Gasteiger partial charge in [0.2, 0.25) is 5.91 Å². The predicted octanol–water partition coefficient (Wildman–Crippen LogP) is 1.09. The van der Waals surface area contributed by atoms with Gasteiger partial charge in [0.1, 0.15) is 6.04 Å². The first-order valence-corrected chi connectivity index (χ1v) is 5.72. The van der Waals surface area contributed by atoms with Crippen LogP contribution in [0.1, 0.15) is 18.5 Å². The number of amides is 1. The van der Waals surface area contributed by atoms with Crippen molar-refractivity contribution in [1.82, 2.24) is 5.32 Å². The third-order valence-corrected chi connectivity index (χ3v) is 2.52. The number of nitrogens with one attached hydrogen (secondary N) is 1. The van der Waals surface area contributed by atoms with Gasteiger partial charge < -0.3 is 15.8 Å². The molecular formula is C13H20N2O2. The quantitative estimate of drug-likeness (QED) is 0.777. The Morgan fingerprint density at radius 1 is 1.41 bits per heavy atom. The van der Waals surface area contributed by atoms with Gasteiger partial charge in [0, 0.05) is 13.7 Å². The van der Waals surface area contributed by atoms with Crippen molar-refractivity contribution < 1.29 is 9.53 Å². The van der Waals surface area contributed by atoms with Gasteiger partial charge in [0.15, 0.2) is 0 Å². The fourth-order valence-electron chi connectivity index (χ4n) is 1.54. The van der Waals surface area contributed by atoms with Gasteiger partial charge in [-0.3, -0.25) is 4.79 Å². The molecule has 3 N–H and O–H groups in total. The second-order valence-electron chi connectivity index (χ2n) is 4.19. The Bertz CT molecular complexity index is 341. The van der Waals surface area contributed by atoms with E-state index in [1.807, 2.05) is 37.3 Å². The average Bonchev–Trinajstić information content (AvgIpc) is 2.36. The lowest BCUT2D eigenvalue weighted by Gasteiger charge is -2.15. The number of methoxy groups -OCH3 is 1. The highest BCUT2D eigenvalue weighted by molar-refractivity contribution is 5.82. The zero-order valence-electron chi connectivity index (χ0n) is 10.3. The lowest BCUT2D eigenvalue weighted by atomic mass is 10.1. The van der Waals surface area contributed by atoms with Gasteiger partial charge in [-0.15, -0.1) is 0 Å². The second-order valence-corrected chi connectivity index (χ2v) is 4.19. The van der Waals surface area contributed by atoms with Gasteiger partial charge in [-0.05, 0) is 11.5 Å². The molecule has 0 saturated heterocycles. The van der Waals surface area contributed by atoms with Crippen molar-refractivity contribution in [2.24, 2.45) is 11.7 Å². The molecule has 0 saturated carbocycles. The number of hydrogen-bond donors (Lipinski definition) is 2. The highest BCUT2D eigenvalue weighted by Gasteiger charge is 2.15. The normalized spacial score (nSPS) is 14.1. The molecule has 1 unspecified atom stereocenters. The van der Waals surface area contributed by atoms with E-state index in [0.717, 1.165) is 5.56 Å². The SMILES string of the molecule is COCC(C)CNC(=O)[C@@H](N)c1ccccc1. The molecule has 0 aromatic heterocycles. The molecule has 4 heteroatoms. The third-order valence-electron chi connectivity index (χ3n) is 2.52. The largest absolute Gasteiger partial charge is 0.384 e. The molecular weight excluding hydrogens is 216 g/mol. The maximum Gasteiger partial charge on any atom is 0.241 e. The molecule has 0 spiro atoms. The van der Waals surface area contributed by atoms with E-state index in [1.54, 1.807) is 7.11 Å². The molecule has 0 aliphatic rings. The third kappa shape index (κ3) is 4.54. The smallest absolute Gasteiger partial charge is 0.241 e. The minimum Gasteiger partial charge on any atom is -0.384 e. The summed E-state index contributed by atoms with van der Waals surface area (Å²) in [5.74, 6) is 0.131. The zero-order valence-corrected chi connectivity index (χ0v) is 10.3. The Morgan fingerprint density at radius 3 is 2.65 bits per heavy atom. The van der Waals surface area contributed by atoms with Crippen molar-refractivity contribution in [3.05, 3.63) is 35.9 Å². The van der Waals surface area contributed by atoms with Crippen LogP contribution >= 0.6 is 0 Å². The van der Waals surface area contributed by atoms with E-state index in [1.165, 1.54) is 0 Å². The van der Waals surface area contributed by atoms with Crippen molar-refractivity contribution in [2.45, 2.75) is 13.0 Å². The van der Waals surface area contributed by atoms with Gasteiger partial charge in [-0.25, -0.2) is 0 Å². The van der Waals surface area contributed by atoms with E-state index in [9.17, 15) is 4.79 Å². The lowest BCUT2D eigenvalue weighted by molar-refractivity contribution is -0.122. The lowest BCUT2D eigenvalue weighted by Crippen LogP contribution is -2.37. The van der Waals surface area contributed by atoms with Crippen LogP contribution in [0.2, 0.25) is 0 Å². The van der Waals surface area contributed by atoms with Crippen LogP contribution in [-0.4, -0.2) is 26.2 Å². The minimum atomic E-state index is -0.606. The molecule has 17 heavy (non-hydrogen) atoms. The summed E-state index contributed by atoms with van der Waals surface area (Å²) in [5, 5.41) is 2.82. The molecule has 2 atom stereocenters. The standard InChI is InChI=1S/C13H20N2O2/c1-10(9-17-2)8-15-13(16)12(14)11-6-4-3-5-7-11/h3-7,10,12H,8-9,14H2,1-2H3,(H,15,16)/t10?,12-/m0/s1. The highest BCUT2D eigenvalue weighted by atomic mass is 16.5. The monoisotopic (exact) mass is 236 g/mol. The second kappa shape index (κ2) is 7.04. The first kappa shape index (κ1) is 13.7. The van der Waals surface area contributed by atoms with Crippen molar-refractivity contribution in [1.29, 1.82) is 0 Å². The number of rotatable bonds is 6. The van der Waals surface area contributed by atoms with Gasteiger partial charge >= 0.3 is 0 Å². The fourth-order valence-corrected chi connectivity index (χ4v) is 1.54. The molecule has 0 aliphatic carbocycles. The average molecular weight is 236 g/mol. The first-order chi connectivity index (χ1) is 8.15. The van der Waals surface area contributed by atoms with Crippen LogP contribution in [0.4, 0.5) is 0 Å². The molecule has 0 fully saturated rings. The summed E-state index contributed by atoms with van der Waals surface area (Å²) < 4.78 is 5.00. The molecule has 1 aromatic carbocycles. The molecule has 4 nitrogen and oxygen atoms in total. The van der Waals surface area contributed by atoms with Crippen LogP contribution in [0.5, 0.6) is 0 Å². The molecule has 0 radical (unpaired) electrons. The van der Waals surface area contributed by atoms with Crippen LogP contribution in [0.15, 0.2) is 30.3 Å². The molecule has 0 aliphatic heterocycles. The number of ether oxygens (including phenoxy) is 1. The highest BCUT2D eigenvalue weighted by Crippen LogP contribution is 2.09. The Morgan fingerprint density at radius 2 is 2.06 bits per heavy atom. The molecule has 94 valence electrons.